The topological polar surface area (TPSA) is 72.9 Å². The third kappa shape index (κ3) is 2.99. The van der Waals surface area contributed by atoms with Crippen molar-refractivity contribution in [1.82, 2.24) is 9.78 Å². The first-order valence-electron chi connectivity index (χ1n) is 6.58. The van der Waals surface area contributed by atoms with Gasteiger partial charge >= 0.3 is 0 Å². The van der Waals surface area contributed by atoms with Crippen LogP contribution in [0.4, 0.5) is 5.82 Å². The molecular weight excluding hydrogens is 252 g/mol. The highest BCUT2D eigenvalue weighted by Crippen LogP contribution is 2.18. The van der Waals surface area contributed by atoms with E-state index < -0.39 is 11.9 Å². The summed E-state index contributed by atoms with van der Waals surface area (Å²) in [5.74, 6) is 0.247. The number of nitrogens with one attached hydrogen (secondary N) is 1. The van der Waals surface area contributed by atoms with E-state index in [-0.39, 0.29) is 0 Å². The fourth-order valence-electron chi connectivity index (χ4n) is 2.17. The van der Waals surface area contributed by atoms with Gasteiger partial charge in [0.05, 0.1) is 5.69 Å². The number of amides is 1. The molecule has 1 atom stereocenters. The molecule has 5 heteroatoms. The largest absolute Gasteiger partial charge is 0.368 e. The van der Waals surface area contributed by atoms with E-state index in [1.807, 2.05) is 17.7 Å². The Morgan fingerprint density at radius 3 is 2.35 bits per heavy atom. The molecular formula is C15H20N4O. The highest BCUT2D eigenvalue weighted by Gasteiger charge is 2.12. The fourth-order valence-corrected chi connectivity index (χ4v) is 2.17. The van der Waals surface area contributed by atoms with Crippen molar-refractivity contribution in [2.45, 2.75) is 33.7 Å². The average molecular weight is 272 g/mol. The third-order valence-corrected chi connectivity index (χ3v) is 3.13. The van der Waals surface area contributed by atoms with E-state index in [0.29, 0.717) is 5.82 Å². The molecule has 0 aliphatic carbocycles. The van der Waals surface area contributed by atoms with Gasteiger partial charge in [0.2, 0.25) is 5.91 Å². The van der Waals surface area contributed by atoms with Crippen LogP contribution in [0.15, 0.2) is 24.3 Å². The molecule has 1 aromatic heterocycles. The minimum absolute atomic E-state index is 0.399. The molecule has 0 saturated carbocycles. The van der Waals surface area contributed by atoms with E-state index >= 15 is 0 Å². The number of anilines is 1. The van der Waals surface area contributed by atoms with Crippen molar-refractivity contribution in [1.29, 1.82) is 0 Å². The van der Waals surface area contributed by atoms with Gasteiger partial charge in [-0.25, -0.2) is 4.68 Å². The molecule has 0 spiro atoms. The van der Waals surface area contributed by atoms with E-state index in [4.69, 9.17) is 5.73 Å². The monoisotopic (exact) mass is 272 g/mol. The van der Waals surface area contributed by atoms with Gasteiger partial charge in [0.15, 0.2) is 0 Å². The lowest BCUT2D eigenvalue weighted by Gasteiger charge is -2.09. The lowest BCUT2D eigenvalue weighted by Crippen LogP contribution is -2.32. The van der Waals surface area contributed by atoms with Crippen LogP contribution in [0.1, 0.15) is 23.7 Å². The first-order chi connectivity index (χ1) is 9.36. The zero-order chi connectivity index (χ0) is 14.9. The van der Waals surface area contributed by atoms with E-state index in [9.17, 15) is 4.79 Å². The van der Waals surface area contributed by atoms with Gasteiger partial charge in [-0.3, -0.25) is 4.79 Å². The van der Waals surface area contributed by atoms with Crippen molar-refractivity contribution in [2.75, 3.05) is 5.32 Å². The molecule has 5 nitrogen and oxygen atoms in total. The Balaban J connectivity index is 2.34. The molecule has 1 aromatic carbocycles. The first kappa shape index (κ1) is 14.1. The van der Waals surface area contributed by atoms with Crippen LogP contribution in [-0.2, 0) is 4.79 Å². The molecule has 0 unspecified atom stereocenters. The molecule has 0 radical (unpaired) electrons. The molecule has 106 valence electrons. The fraction of sp³-hybridized carbons (Fsp3) is 0.333. The summed E-state index contributed by atoms with van der Waals surface area (Å²) in [6, 6.07) is 7.73. The summed E-state index contributed by atoms with van der Waals surface area (Å²) in [6.07, 6.45) is 0. The van der Waals surface area contributed by atoms with Crippen molar-refractivity contribution in [2.24, 2.45) is 5.73 Å². The standard InChI is InChI=1S/C15H20N4O/c1-9-5-10(2)7-13(6-9)19-11(3)8-14(18-19)17-12(4)15(16)20/h5-8,12H,1-4H3,(H2,16,20)(H,17,18)/t12-/m1/s1. The first-order valence-corrected chi connectivity index (χ1v) is 6.58. The molecule has 0 bridgehead atoms. The van der Waals surface area contributed by atoms with Crippen molar-refractivity contribution in [3.05, 3.63) is 41.1 Å². The Morgan fingerprint density at radius 1 is 1.20 bits per heavy atom. The van der Waals surface area contributed by atoms with Gasteiger partial charge in [-0.05, 0) is 51.0 Å². The summed E-state index contributed by atoms with van der Waals surface area (Å²) in [5.41, 5.74) is 9.63. The van der Waals surface area contributed by atoms with Crippen LogP contribution in [0.3, 0.4) is 0 Å². The summed E-state index contributed by atoms with van der Waals surface area (Å²) in [6.45, 7) is 7.81. The van der Waals surface area contributed by atoms with Crippen LogP contribution in [0, 0.1) is 20.8 Å². The number of nitrogens with zero attached hydrogens (tertiary/aromatic N) is 2. The maximum absolute atomic E-state index is 11.1. The van der Waals surface area contributed by atoms with Gasteiger partial charge in [-0.15, -0.1) is 0 Å². The third-order valence-electron chi connectivity index (χ3n) is 3.13. The maximum atomic E-state index is 11.1. The predicted octanol–water partition coefficient (Wildman–Crippen LogP) is 2.08. The zero-order valence-corrected chi connectivity index (χ0v) is 12.3. The normalized spacial score (nSPS) is 12.2. The summed E-state index contributed by atoms with van der Waals surface area (Å²) in [7, 11) is 0. The second kappa shape index (κ2) is 5.36. The smallest absolute Gasteiger partial charge is 0.239 e. The molecule has 0 saturated heterocycles. The number of nitrogens with two attached hydrogens (primary N) is 1. The average Bonchev–Trinajstić information content (AvgIpc) is 2.68. The van der Waals surface area contributed by atoms with E-state index in [2.05, 4.69) is 42.5 Å². The lowest BCUT2D eigenvalue weighted by atomic mass is 10.1. The molecule has 2 rings (SSSR count). The van der Waals surface area contributed by atoms with Crippen LogP contribution < -0.4 is 11.1 Å². The van der Waals surface area contributed by atoms with Crippen LogP contribution in [-0.4, -0.2) is 21.7 Å². The predicted molar refractivity (Wildman–Crippen MR) is 80.1 cm³/mol. The maximum Gasteiger partial charge on any atom is 0.239 e. The molecule has 0 fully saturated rings. The molecule has 3 N–H and O–H groups in total. The van der Waals surface area contributed by atoms with Crippen molar-refractivity contribution < 1.29 is 4.79 Å². The summed E-state index contributed by atoms with van der Waals surface area (Å²) in [5, 5.41) is 7.48. The van der Waals surface area contributed by atoms with E-state index in [1.165, 1.54) is 11.1 Å². The Bertz CT molecular complexity index is 625. The summed E-state index contributed by atoms with van der Waals surface area (Å²) < 4.78 is 1.86. The van der Waals surface area contributed by atoms with Gasteiger partial charge in [0.1, 0.15) is 11.9 Å². The lowest BCUT2D eigenvalue weighted by molar-refractivity contribution is -0.118. The van der Waals surface area contributed by atoms with Gasteiger partial charge in [0.25, 0.3) is 0 Å². The van der Waals surface area contributed by atoms with Crippen LogP contribution in [0.5, 0.6) is 0 Å². The summed E-state index contributed by atoms with van der Waals surface area (Å²) >= 11 is 0. The number of hydrogen-bond donors (Lipinski definition) is 2. The zero-order valence-electron chi connectivity index (χ0n) is 12.3. The Hall–Kier alpha value is -2.30. The van der Waals surface area contributed by atoms with Gasteiger partial charge in [-0.2, -0.15) is 5.10 Å². The molecule has 0 aliphatic heterocycles. The number of aryl methyl sites for hydroxylation is 3. The Kier molecular flexibility index (Phi) is 3.79. The highest BCUT2D eigenvalue weighted by molar-refractivity contribution is 5.82. The number of carbonyl (C=O) groups excluding carboxylic acids is 1. The van der Waals surface area contributed by atoms with Crippen molar-refractivity contribution in [3.8, 4) is 5.69 Å². The van der Waals surface area contributed by atoms with Crippen molar-refractivity contribution in [3.63, 3.8) is 0 Å². The number of carbonyl (C=O) groups is 1. The minimum Gasteiger partial charge on any atom is -0.368 e. The Morgan fingerprint density at radius 2 is 1.80 bits per heavy atom. The van der Waals surface area contributed by atoms with E-state index in [0.717, 1.165) is 11.4 Å². The summed E-state index contributed by atoms with van der Waals surface area (Å²) in [4.78, 5) is 11.1. The number of rotatable bonds is 4. The van der Waals surface area contributed by atoms with Gasteiger partial charge < -0.3 is 11.1 Å². The van der Waals surface area contributed by atoms with Crippen LogP contribution in [0.2, 0.25) is 0 Å². The van der Waals surface area contributed by atoms with Crippen LogP contribution in [0.25, 0.3) is 5.69 Å². The minimum atomic E-state index is -0.447. The van der Waals surface area contributed by atoms with Gasteiger partial charge in [0, 0.05) is 11.8 Å². The molecule has 20 heavy (non-hydrogen) atoms. The second-order valence-corrected chi connectivity index (χ2v) is 5.20. The molecule has 1 heterocycles. The molecule has 1 amide bonds. The van der Waals surface area contributed by atoms with Gasteiger partial charge in [-0.1, -0.05) is 6.07 Å². The number of benzene rings is 1. The Labute approximate surface area is 118 Å². The van der Waals surface area contributed by atoms with Crippen molar-refractivity contribution >= 4 is 11.7 Å². The van der Waals surface area contributed by atoms with Crippen LogP contribution >= 0.6 is 0 Å². The highest BCUT2D eigenvalue weighted by atomic mass is 16.1. The van der Waals surface area contributed by atoms with E-state index in [1.54, 1.807) is 6.92 Å². The SMILES string of the molecule is Cc1cc(C)cc(-n2nc(N[C@H](C)C(N)=O)cc2C)c1. The molecule has 0 aliphatic rings. The second-order valence-electron chi connectivity index (χ2n) is 5.20. The number of aromatic nitrogens is 2. The molecule has 2 aromatic rings. The quantitative estimate of drug-likeness (QED) is 0.895. The number of primary amides is 1. The number of hydrogen-bond acceptors (Lipinski definition) is 3.